The molecule has 0 N–H and O–H groups in total. The lowest BCUT2D eigenvalue weighted by atomic mass is 10.0. The number of benzene rings is 1. The van der Waals surface area contributed by atoms with Crippen molar-refractivity contribution in [1.29, 1.82) is 0 Å². The normalized spacial score (nSPS) is 13.0. The summed E-state index contributed by atoms with van der Waals surface area (Å²) in [6.07, 6.45) is -0.973. The summed E-state index contributed by atoms with van der Waals surface area (Å²) in [5.41, 5.74) is 4.04. The molecule has 1 aromatic carbocycles. The smallest absolute Gasteiger partial charge is 0.329 e. The second kappa shape index (κ2) is 5.68. The molecule has 4 aromatic rings. The topological polar surface area (TPSA) is 74.6 Å². The highest BCUT2D eigenvalue weighted by Crippen LogP contribution is 2.38. The number of nitrogens with zero attached hydrogens (tertiary/aromatic N) is 6. The van der Waals surface area contributed by atoms with E-state index in [0.29, 0.717) is 17.1 Å². The Balaban J connectivity index is 1.73. The number of aryl methyl sites for hydroxylation is 1. The highest BCUT2D eigenvalue weighted by Gasteiger charge is 2.39. The summed E-state index contributed by atoms with van der Waals surface area (Å²) in [6, 6.07) is 5.34. The summed E-state index contributed by atoms with van der Waals surface area (Å²) in [4.78, 5) is 7.73. The Morgan fingerprint density at radius 1 is 1.21 bits per heavy atom. The van der Waals surface area contributed by atoms with E-state index in [1.54, 1.807) is 28.4 Å². The van der Waals surface area contributed by atoms with E-state index in [0.717, 1.165) is 22.5 Å². The standard InChI is InChI=1S/C17H10ClF3N6O/c1-26-6-8-4-12-14(15-23-16(28-25-15)17(19,20)21)22-7-27(12)11-3-2-9(18)5-10(11)13(8)24-26/h2-3,5-7H,4H2,1H3. The van der Waals surface area contributed by atoms with Crippen molar-refractivity contribution in [3.63, 3.8) is 0 Å². The molecular weight excluding hydrogens is 397 g/mol. The third-order valence-electron chi connectivity index (χ3n) is 4.48. The van der Waals surface area contributed by atoms with Crippen molar-refractivity contribution in [2.45, 2.75) is 12.6 Å². The second-order valence-electron chi connectivity index (χ2n) is 6.35. The van der Waals surface area contributed by atoms with E-state index in [-0.39, 0.29) is 11.5 Å². The summed E-state index contributed by atoms with van der Waals surface area (Å²) in [6.45, 7) is 0. The molecule has 0 spiro atoms. The van der Waals surface area contributed by atoms with Crippen LogP contribution in [0.5, 0.6) is 0 Å². The zero-order valence-corrected chi connectivity index (χ0v) is 15.0. The van der Waals surface area contributed by atoms with E-state index in [1.807, 2.05) is 12.3 Å². The Bertz CT molecular complexity index is 1220. The van der Waals surface area contributed by atoms with E-state index in [9.17, 15) is 13.2 Å². The minimum Gasteiger partial charge on any atom is -0.329 e. The van der Waals surface area contributed by atoms with Gasteiger partial charge < -0.3 is 9.09 Å². The third-order valence-corrected chi connectivity index (χ3v) is 4.72. The van der Waals surface area contributed by atoms with Gasteiger partial charge in [0.1, 0.15) is 12.0 Å². The molecule has 5 rings (SSSR count). The van der Waals surface area contributed by atoms with Gasteiger partial charge in [0.15, 0.2) is 0 Å². The molecule has 0 fully saturated rings. The molecule has 11 heteroatoms. The maximum absolute atomic E-state index is 12.8. The van der Waals surface area contributed by atoms with Crippen molar-refractivity contribution in [2.24, 2.45) is 7.05 Å². The lowest BCUT2D eigenvalue weighted by molar-refractivity contribution is -0.159. The van der Waals surface area contributed by atoms with Gasteiger partial charge in [-0.25, -0.2) is 4.98 Å². The maximum atomic E-state index is 12.8. The van der Waals surface area contributed by atoms with E-state index in [2.05, 4.69) is 24.7 Å². The average Bonchev–Trinajstić information content (AvgIpc) is 3.32. The number of hydrogen-bond acceptors (Lipinski definition) is 5. The minimum absolute atomic E-state index is 0.219. The highest BCUT2D eigenvalue weighted by molar-refractivity contribution is 6.31. The first-order valence-electron chi connectivity index (χ1n) is 8.11. The molecule has 3 aromatic heterocycles. The molecule has 4 heterocycles. The van der Waals surface area contributed by atoms with E-state index in [1.165, 1.54) is 6.33 Å². The summed E-state index contributed by atoms with van der Waals surface area (Å²) < 4.78 is 46.3. The lowest BCUT2D eigenvalue weighted by Crippen LogP contribution is -2.05. The zero-order chi connectivity index (χ0) is 19.6. The van der Waals surface area contributed by atoms with Crippen LogP contribution in [0.15, 0.2) is 35.2 Å². The predicted molar refractivity (Wildman–Crippen MR) is 91.9 cm³/mol. The van der Waals surface area contributed by atoms with E-state index < -0.39 is 12.1 Å². The van der Waals surface area contributed by atoms with Crippen LogP contribution in [-0.4, -0.2) is 29.5 Å². The van der Waals surface area contributed by atoms with Gasteiger partial charge in [-0.15, -0.1) is 0 Å². The molecular formula is C17H10ClF3N6O. The monoisotopic (exact) mass is 406 g/mol. The van der Waals surface area contributed by atoms with Gasteiger partial charge >= 0.3 is 12.1 Å². The first-order chi connectivity index (χ1) is 13.3. The molecule has 28 heavy (non-hydrogen) atoms. The van der Waals surface area contributed by atoms with Crippen molar-refractivity contribution in [3.05, 3.63) is 52.9 Å². The van der Waals surface area contributed by atoms with Gasteiger partial charge in [0, 0.05) is 35.8 Å². The molecule has 1 aliphatic heterocycles. The molecule has 0 saturated heterocycles. The van der Waals surface area contributed by atoms with Crippen molar-refractivity contribution in [2.75, 3.05) is 0 Å². The predicted octanol–water partition coefficient (Wildman–Crippen LogP) is 3.90. The Kier molecular flexibility index (Phi) is 3.45. The van der Waals surface area contributed by atoms with Gasteiger partial charge in [0.25, 0.3) is 0 Å². The van der Waals surface area contributed by atoms with Crippen molar-refractivity contribution in [3.8, 4) is 28.5 Å². The number of hydrogen-bond donors (Lipinski definition) is 0. The molecule has 142 valence electrons. The van der Waals surface area contributed by atoms with Gasteiger partial charge in [0.2, 0.25) is 5.82 Å². The molecule has 0 radical (unpaired) electrons. The molecule has 0 bridgehead atoms. The number of alkyl halides is 3. The number of rotatable bonds is 1. The van der Waals surface area contributed by atoms with Gasteiger partial charge in [-0.2, -0.15) is 23.3 Å². The Morgan fingerprint density at radius 3 is 2.79 bits per heavy atom. The van der Waals surface area contributed by atoms with Crippen LogP contribution in [0, 0.1) is 0 Å². The van der Waals surface area contributed by atoms with Crippen LogP contribution in [0.1, 0.15) is 17.1 Å². The average molecular weight is 407 g/mol. The van der Waals surface area contributed by atoms with Gasteiger partial charge in [-0.1, -0.05) is 16.8 Å². The number of halogens is 4. The van der Waals surface area contributed by atoms with Gasteiger partial charge in [-0.3, -0.25) is 4.68 Å². The van der Waals surface area contributed by atoms with Gasteiger partial charge in [-0.05, 0) is 18.2 Å². The minimum atomic E-state index is -4.72. The summed E-state index contributed by atoms with van der Waals surface area (Å²) in [5, 5.41) is 8.54. The number of fused-ring (bicyclic) bond motifs is 5. The zero-order valence-electron chi connectivity index (χ0n) is 14.2. The van der Waals surface area contributed by atoms with Crippen LogP contribution in [0.25, 0.3) is 28.5 Å². The summed E-state index contributed by atoms with van der Waals surface area (Å²) in [5.74, 6) is -1.63. The van der Waals surface area contributed by atoms with Crippen LogP contribution in [0.3, 0.4) is 0 Å². The fourth-order valence-electron chi connectivity index (χ4n) is 3.35. The van der Waals surface area contributed by atoms with Crippen LogP contribution in [0.4, 0.5) is 13.2 Å². The van der Waals surface area contributed by atoms with Crippen molar-refractivity contribution < 1.29 is 17.7 Å². The SMILES string of the molecule is Cn1cc2c(n1)-c1cc(Cl)ccc1-n1cnc(-c3noc(C(F)(F)F)n3)c1C2. The quantitative estimate of drug-likeness (QED) is 0.422. The van der Waals surface area contributed by atoms with Crippen molar-refractivity contribution in [1.82, 2.24) is 29.5 Å². The van der Waals surface area contributed by atoms with Crippen LogP contribution >= 0.6 is 11.6 Å². The van der Waals surface area contributed by atoms with Crippen LogP contribution in [-0.2, 0) is 19.6 Å². The second-order valence-corrected chi connectivity index (χ2v) is 6.78. The molecule has 0 amide bonds. The first kappa shape index (κ1) is 17.0. The maximum Gasteiger partial charge on any atom is 0.471 e. The summed E-state index contributed by atoms with van der Waals surface area (Å²) >= 11 is 6.18. The van der Waals surface area contributed by atoms with Gasteiger partial charge in [0.05, 0.1) is 17.1 Å². The summed E-state index contributed by atoms with van der Waals surface area (Å²) in [7, 11) is 1.80. The first-order valence-corrected chi connectivity index (χ1v) is 8.49. The van der Waals surface area contributed by atoms with E-state index >= 15 is 0 Å². The Hall–Kier alpha value is -3.14. The van der Waals surface area contributed by atoms with Crippen molar-refractivity contribution >= 4 is 11.6 Å². The third kappa shape index (κ3) is 2.52. The highest BCUT2D eigenvalue weighted by atomic mass is 35.5. The molecule has 0 atom stereocenters. The fraction of sp³-hybridized carbons (Fsp3) is 0.176. The van der Waals surface area contributed by atoms with E-state index in [4.69, 9.17) is 11.6 Å². The Morgan fingerprint density at radius 2 is 2.04 bits per heavy atom. The largest absolute Gasteiger partial charge is 0.471 e. The molecule has 1 aliphatic rings. The molecule has 0 unspecified atom stereocenters. The lowest BCUT2D eigenvalue weighted by Gasteiger charge is -2.09. The molecule has 0 saturated carbocycles. The number of aromatic nitrogens is 6. The van der Waals surface area contributed by atoms with Crippen LogP contribution in [0.2, 0.25) is 5.02 Å². The fourth-order valence-corrected chi connectivity index (χ4v) is 3.53. The molecule has 0 aliphatic carbocycles. The Labute approximate surface area is 160 Å². The van der Waals surface area contributed by atoms with Crippen LogP contribution < -0.4 is 0 Å². The molecule has 7 nitrogen and oxygen atoms in total. The number of imidazole rings is 1.